The van der Waals surface area contributed by atoms with Gasteiger partial charge in [-0.2, -0.15) is 0 Å². The first-order chi connectivity index (χ1) is 10.1. The minimum absolute atomic E-state index is 0.0498. The van der Waals surface area contributed by atoms with E-state index in [1.54, 1.807) is 0 Å². The number of amides is 1. The molecule has 1 unspecified atom stereocenters. The molecule has 1 N–H and O–H groups in total. The van der Waals surface area contributed by atoms with Crippen LogP contribution in [0.3, 0.4) is 0 Å². The smallest absolute Gasteiger partial charge is 0.261 e. The maximum Gasteiger partial charge on any atom is 0.261 e. The number of ether oxygens (including phenoxy) is 1. The quantitative estimate of drug-likeness (QED) is 0.939. The number of fused-ring (bicyclic) bond motifs is 1. The second-order valence-corrected chi connectivity index (χ2v) is 5.57. The first-order valence-electron chi connectivity index (χ1n) is 7.22. The van der Waals surface area contributed by atoms with Crippen LogP contribution in [0.25, 0.3) is 0 Å². The van der Waals surface area contributed by atoms with E-state index in [-0.39, 0.29) is 5.91 Å². The minimum Gasteiger partial charge on any atom is -0.480 e. The number of hydrogen-bond donors (Lipinski definition) is 1. The van der Waals surface area contributed by atoms with Gasteiger partial charge in [-0.15, -0.1) is 0 Å². The molecular weight excluding hydrogens is 262 g/mol. The van der Waals surface area contributed by atoms with Crippen molar-refractivity contribution < 1.29 is 9.53 Å². The topological polar surface area (TPSA) is 38.3 Å². The van der Waals surface area contributed by atoms with Crippen molar-refractivity contribution in [2.45, 2.75) is 32.9 Å². The van der Waals surface area contributed by atoms with Crippen molar-refractivity contribution in [2.24, 2.45) is 0 Å². The molecule has 0 saturated heterocycles. The van der Waals surface area contributed by atoms with Gasteiger partial charge in [0.15, 0.2) is 6.10 Å². The van der Waals surface area contributed by atoms with Crippen molar-refractivity contribution >= 4 is 5.91 Å². The zero-order valence-electron chi connectivity index (χ0n) is 12.3. The molecule has 0 aliphatic carbocycles. The molecule has 3 rings (SSSR count). The second kappa shape index (κ2) is 5.60. The van der Waals surface area contributed by atoms with Crippen LogP contribution in [0.15, 0.2) is 42.5 Å². The van der Waals surface area contributed by atoms with Gasteiger partial charge in [-0.3, -0.25) is 4.79 Å². The van der Waals surface area contributed by atoms with Crippen molar-refractivity contribution in [3.63, 3.8) is 0 Å². The molecule has 0 fully saturated rings. The van der Waals surface area contributed by atoms with E-state index in [4.69, 9.17) is 4.74 Å². The van der Waals surface area contributed by atoms with Crippen LogP contribution in [0.5, 0.6) is 5.75 Å². The molecule has 0 spiro atoms. The second-order valence-electron chi connectivity index (χ2n) is 5.57. The molecule has 0 radical (unpaired) electrons. The summed E-state index contributed by atoms with van der Waals surface area (Å²) in [6.07, 6.45) is 0.239. The number of hydrogen-bond acceptors (Lipinski definition) is 2. The Kier molecular flexibility index (Phi) is 3.65. The average molecular weight is 281 g/mol. The lowest BCUT2D eigenvalue weighted by atomic mass is 10.1. The largest absolute Gasteiger partial charge is 0.480 e. The van der Waals surface area contributed by atoms with Gasteiger partial charge < -0.3 is 10.1 Å². The highest BCUT2D eigenvalue weighted by atomic mass is 16.5. The van der Waals surface area contributed by atoms with Crippen molar-refractivity contribution in [1.82, 2.24) is 5.32 Å². The van der Waals surface area contributed by atoms with Crippen LogP contribution in [-0.4, -0.2) is 12.0 Å². The molecule has 2 aromatic rings. The van der Waals surface area contributed by atoms with E-state index >= 15 is 0 Å². The number of para-hydroxylation sites is 1. The highest BCUT2D eigenvalue weighted by molar-refractivity contribution is 5.82. The molecule has 1 amide bonds. The fourth-order valence-electron chi connectivity index (χ4n) is 2.67. The number of benzene rings is 2. The first kappa shape index (κ1) is 13.7. The zero-order chi connectivity index (χ0) is 14.8. The highest BCUT2D eigenvalue weighted by Gasteiger charge is 2.28. The Labute approximate surface area is 124 Å². The molecule has 0 saturated carbocycles. The van der Waals surface area contributed by atoms with E-state index in [1.807, 2.05) is 24.3 Å². The molecule has 21 heavy (non-hydrogen) atoms. The molecule has 1 heterocycles. The minimum atomic E-state index is -0.409. The Bertz CT molecular complexity index is 654. The zero-order valence-corrected chi connectivity index (χ0v) is 12.3. The van der Waals surface area contributed by atoms with E-state index in [1.165, 1.54) is 11.1 Å². The molecule has 1 atom stereocenters. The molecule has 3 nitrogen and oxygen atoms in total. The van der Waals surface area contributed by atoms with Crippen molar-refractivity contribution in [3.8, 4) is 5.75 Å². The third kappa shape index (κ3) is 2.92. The Hall–Kier alpha value is -2.29. The molecule has 0 bridgehead atoms. The van der Waals surface area contributed by atoms with E-state index in [0.717, 1.165) is 16.9 Å². The lowest BCUT2D eigenvalue weighted by Crippen LogP contribution is -2.37. The number of aryl methyl sites for hydroxylation is 2. The van der Waals surface area contributed by atoms with E-state index in [0.29, 0.717) is 13.0 Å². The van der Waals surface area contributed by atoms with Crippen molar-refractivity contribution in [1.29, 1.82) is 0 Å². The average Bonchev–Trinajstić information content (AvgIpc) is 2.90. The van der Waals surface area contributed by atoms with Crippen molar-refractivity contribution in [3.05, 3.63) is 64.7 Å². The van der Waals surface area contributed by atoms with Crippen LogP contribution < -0.4 is 10.1 Å². The van der Waals surface area contributed by atoms with Gasteiger partial charge in [-0.25, -0.2) is 0 Å². The van der Waals surface area contributed by atoms with Gasteiger partial charge in [0.2, 0.25) is 0 Å². The standard InChI is InChI=1S/C18H19NO2/c1-12-7-8-15(13(2)9-12)11-19-18(20)17-10-14-5-3-4-6-16(14)21-17/h3-9,17H,10-11H2,1-2H3,(H,19,20). The lowest BCUT2D eigenvalue weighted by molar-refractivity contribution is -0.127. The third-order valence-electron chi connectivity index (χ3n) is 3.89. The highest BCUT2D eigenvalue weighted by Crippen LogP contribution is 2.28. The predicted octanol–water partition coefficient (Wildman–Crippen LogP) is 2.92. The van der Waals surface area contributed by atoms with E-state index < -0.39 is 6.10 Å². The van der Waals surface area contributed by atoms with Crippen molar-refractivity contribution in [2.75, 3.05) is 0 Å². The van der Waals surface area contributed by atoms with Crippen LogP contribution in [0.4, 0.5) is 0 Å². The molecular formula is C18H19NO2. The normalized spacial score (nSPS) is 16.2. The summed E-state index contributed by atoms with van der Waals surface area (Å²) in [4.78, 5) is 12.2. The summed E-state index contributed by atoms with van der Waals surface area (Å²) in [6.45, 7) is 4.68. The summed E-state index contributed by atoms with van der Waals surface area (Å²) in [6, 6.07) is 14.1. The number of nitrogens with one attached hydrogen (secondary N) is 1. The SMILES string of the molecule is Cc1ccc(CNC(=O)C2Cc3ccccc3O2)c(C)c1. The van der Waals surface area contributed by atoms with Crippen LogP contribution >= 0.6 is 0 Å². The Balaban J connectivity index is 1.61. The summed E-state index contributed by atoms with van der Waals surface area (Å²) in [7, 11) is 0. The van der Waals surface area contributed by atoms with Crippen LogP contribution in [0.2, 0.25) is 0 Å². The van der Waals surface area contributed by atoms with E-state index in [9.17, 15) is 4.79 Å². The molecule has 0 aromatic heterocycles. The molecule has 3 heteroatoms. The van der Waals surface area contributed by atoms with Gasteiger partial charge in [0.1, 0.15) is 5.75 Å². The molecule has 1 aliphatic rings. The molecule has 1 aliphatic heterocycles. The van der Waals surface area contributed by atoms with Crippen LogP contribution in [0, 0.1) is 13.8 Å². The Morgan fingerprint density at radius 2 is 2.05 bits per heavy atom. The maximum atomic E-state index is 12.2. The van der Waals surface area contributed by atoms with Gasteiger partial charge in [0.05, 0.1) is 0 Å². The van der Waals surface area contributed by atoms with Gasteiger partial charge in [0, 0.05) is 13.0 Å². The van der Waals surface area contributed by atoms with Crippen LogP contribution in [-0.2, 0) is 17.8 Å². The summed E-state index contributed by atoms with van der Waals surface area (Å²) >= 11 is 0. The number of carbonyl (C=O) groups is 1. The number of rotatable bonds is 3. The maximum absolute atomic E-state index is 12.2. The van der Waals surface area contributed by atoms with Gasteiger partial charge in [0.25, 0.3) is 5.91 Å². The monoisotopic (exact) mass is 281 g/mol. The Morgan fingerprint density at radius 3 is 2.81 bits per heavy atom. The number of carbonyl (C=O) groups excluding carboxylic acids is 1. The van der Waals surface area contributed by atoms with Gasteiger partial charge >= 0.3 is 0 Å². The van der Waals surface area contributed by atoms with Gasteiger partial charge in [-0.05, 0) is 36.6 Å². The predicted molar refractivity (Wildman–Crippen MR) is 82.3 cm³/mol. The summed E-state index contributed by atoms with van der Waals surface area (Å²) in [5.41, 5.74) is 4.68. The lowest BCUT2D eigenvalue weighted by Gasteiger charge is -2.13. The Morgan fingerprint density at radius 1 is 1.24 bits per heavy atom. The summed E-state index contributed by atoms with van der Waals surface area (Å²) in [5, 5.41) is 2.97. The first-order valence-corrected chi connectivity index (χ1v) is 7.22. The van der Waals surface area contributed by atoms with Crippen LogP contribution in [0.1, 0.15) is 22.3 Å². The van der Waals surface area contributed by atoms with Gasteiger partial charge in [-0.1, -0.05) is 42.0 Å². The fourth-order valence-corrected chi connectivity index (χ4v) is 2.67. The molecule has 2 aromatic carbocycles. The molecule has 108 valence electrons. The summed E-state index contributed by atoms with van der Waals surface area (Å²) < 4.78 is 5.69. The summed E-state index contributed by atoms with van der Waals surface area (Å²) in [5.74, 6) is 0.773. The fraction of sp³-hybridized carbons (Fsp3) is 0.278. The third-order valence-corrected chi connectivity index (χ3v) is 3.89. The van der Waals surface area contributed by atoms with E-state index in [2.05, 4.69) is 37.4 Å².